The second-order valence-corrected chi connectivity index (χ2v) is 6.32. The predicted octanol–water partition coefficient (Wildman–Crippen LogP) is 6.10. The molecule has 0 saturated carbocycles. The van der Waals surface area contributed by atoms with Crippen molar-refractivity contribution < 1.29 is 9.53 Å². The van der Waals surface area contributed by atoms with E-state index in [1.54, 1.807) is 0 Å². The number of hydrogen-bond acceptors (Lipinski definition) is 2. The lowest BCUT2D eigenvalue weighted by Gasteiger charge is -2.17. The maximum absolute atomic E-state index is 11.7. The predicted molar refractivity (Wildman–Crippen MR) is 97.2 cm³/mol. The summed E-state index contributed by atoms with van der Waals surface area (Å²) < 4.78 is 5.94. The molecule has 0 aliphatic carbocycles. The van der Waals surface area contributed by atoms with E-state index in [4.69, 9.17) is 16.3 Å². The van der Waals surface area contributed by atoms with E-state index in [9.17, 15) is 4.79 Å². The Labute approximate surface area is 143 Å². The van der Waals surface area contributed by atoms with Crippen molar-refractivity contribution in [3.63, 3.8) is 0 Å². The number of fused-ring (bicyclic) bond motifs is 1. The lowest BCUT2D eigenvalue weighted by molar-refractivity contribution is -0.118. The van der Waals surface area contributed by atoms with Crippen LogP contribution in [0.1, 0.15) is 51.9 Å². The van der Waals surface area contributed by atoms with Gasteiger partial charge in [0.25, 0.3) is 5.24 Å². The molecule has 0 saturated heterocycles. The first-order valence-electron chi connectivity index (χ1n) is 8.56. The molecule has 2 rings (SSSR count). The Balaban J connectivity index is 1.94. The van der Waals surface area contributed by atoms with Crippen molar-refractivity contribution in [3.05, 3.63) is 42.5 Å². The fourth-order valence-corrected chi connectivity index (χ4v) is 2.93. The largest absolute Gasteiger partial charge is 0.481 e. The molecule has 0 heterocycles. The zero-order valence-electron chi connectivity index (χ0n) is 13.8. The van der Waals surface area contributed by atoms with Crippen LogP contribution in [-0.2, 0) is 4.79 Å². The molecule has 23 heavy (non-hydrogen) atoms. The van der Waals surface area contributed by atoms with Gasteiger partial charge in [0.1, 0.15) is 5.75 Å². The van der Waals surface area contributed by atoms with Crippen LogP contribution in [0.15, 0.2) is 42.5 Å². The molecule has 0 radical (unpaired) electrons. The summed E-state index contributed by atoms with van der Waals surface area (Å²) in [6, 6.07) is 13.9. The number of benzene rings is 2. The molecule has 0 fully saturated rings. The molecular formula is C20H25ClO2. The Morgan fingerprint density at radius 2 is 1.70 bits per heavy atom. The van der Waals surface area contributed by atoms with E-state index in [0.717, 1.165) is 29.4 Å². The quantitative estimate of drug-likeness (QED) is 0.388. The number of rotatable bonds is 10. The first kappa shape index (κ1) is 17.8. The molecule has 2 aromatic carbocycles. The molecule has 1 unspecified atom stereocenters. The summed E-state index contributed by atoms with van der Waals surface area (Å²) in [5.74, 6) is 0.730. The first-order valence-corrected chi connectivity index (χ1v) is 8.94. The molecule has 1 atom stereocenters. The third-order valence-electron chi connectivity index (χ3n) is 4.09. The van der Waals surface area contributed by atoms with Crippen molar-refractivity contribution in [3.8, 4) is 5.75 Å². The van der Waals surface area contributed by atoms with Crippen LogP contribution in [0.5, 0.6) is 5.75 Å². The Kier molecular flexibility index (Phi) is 7.41. The highest BCUT2D eigenvalue weighted by molar-refractivity contribution is 6.64. The van der Waals surface area contributed by atoms with E-state index < -0.39 is 11.3 Å². The number of halogens is 1. The van der Waals surface area contributed by atoms with Crippen molar-refractivity contribution in [2.75, 3.05) is 0 Å². The maximum atomic E-state index is 11.7. The molecule has 0 amide bonds. The van der Waals surface area contributed by atoms with Gasteiger partial charge in [0.05, 0.1) is 0 Å². The molecular weight excluding hydrogens is 308 g/mol. The van der Waals surface area contributed by atoms with Crippen LogP contribution in [0.4, 0.5) is 0 Å². The minimum atomic E-state index is -0.561. The van der Waals surface area contributed by atoms with Crippen LogP contribution in [0.2, 0.25) is 0 Å². The van der Waals surface area contributed by atoms with Gasteiger partial charge in [0.2, 0.25) is 0 Å². The Morgan fingerprint density at radius 3 is 2.48 bits per heavy atom. The summed E-state index contributed by atoms with van der Waals surface area (Å²) in [7, 11) is 0. The van der Waals surface area contributed by atoms with Gasteiger partial charge < -0.3 is 4.74 Å². The van der Waals surface area contributed by atoms with E-state index >= 15 is 0 Å². The van der Waals surface area contributed by atoms with Crippen LogP contribution < -0.4 is 4.74 Å². The fourth-order valence-electron chi connectivity index (χ4n) is 2.78. The monoisotopic (exact) mass is 332 g/mol. The zero-order valence-corrected chi connectivity index (χ0v) is 14.5. The van der Waals surface area contributed by atoms with Crippen molar-refractivity contribution in [1.82, 2.24) is 0 Å². The van der Waals surface area contributed by atoms with Gasteiger partial charge in [0.15, 0.2) is 6.10 Å². The second-order valence-electron chi connectivity index (χ2n) is 5.94. The Morgan fingerprint density at radius 1 is 1.00 bits per heavy atom. The lowest BCUT2D eigenvalue weighted by Crippen LogP contribution is -2.23. The molecule has 0 aliphatic heterocycles. The molecule has 0 spiro atoms. The zero-order chi connectivity index (χ0) is 16.5. The summed E-state index contributed by atoms with van der Waals surface area (Å²) in [5, 5.41) is 1.71. The minimum absolute atomic E-state index is 0.411. The van der Waals surface area contributed by atoms with Crippen LogP contribution in [0, 0.1) is 0 Å². The van der Waals surface area contributed by atoms with E-state index in [-0.39, 0.29) is 0 Å². The van der Waals surface area contributed by atoms with Gasteiger partial charge in [-0.05, 0) is 35.9 Å². The molecule has 0 aliphatic rings. The van der Waals surface area contributed by atoms with E-state index in [1.807, 2.05) is 42.5 Å². The highest BCUT2D eigenvalue weighted by atomic mass is 35.5. The van der Waals surface area contributed by atoms with Crippen LogP contribution >= 0.6 is 11.6 Å². The van der Waals surface area contributed by atoms with Crippen molar-refractivity contribution in [2.45, 2.75) is 58.0 Å². The summed E-state index contributed by atoms with van der Waals surface area (Å²) in [6.07, 6.45) is 7.21. The number of unbranched alkanes of at least 4 members (excludes halogenated alkanes) is 5. The van der Waals surface area contributed by atoms with Gasteiger partial charge in [-0.3, -0.25) is 4.79 Å². The summed E-state index contributed by atoms with van der Waals surface area (Å²) in [4.78, 5) is 11.7. The van der Waals surface area contributed by atoms with Gasteiger partial charge in [-0.15, -0.1) is 0 Å². The van der Waals surface area contributed by atoms with E-state index in [0.29, 0.717) is 6.42 Å². The Hall–Kier alpha value is -1.54. The molecule has 2 aromatic rings. The van der Waals surface area contributed by atoms with E-state index in [2.05, 4.69) is 6.92 Å². The number of carbonyl (C=O) groups excluding carboxylic acids is 1. The molecule has 2 nitrogen and oxygen atoms in total. The average Bonchev–Trinajstić information content (AvgIpc) is 2.57. The second kappa shape index (κ2) is 9.57. The lowest BCUT2D eigenvalue weighted by atomic mass is 10.1. The first-order chi connectivity index (χ1) is 11.2. The minimum Gasteiger partial charge on any atom is -0.481 e. The SMILES string of the molecule is CCCCCCCCC(Oc1cccc2ccccc12)C(=O)Cl. The van der Waals surface area contributed by atoms with Gasteiger partial charge >= 0.3 is 0 Å². The number of hydrogen-bond donors (Lipinski definition) is 0. The third kappa shape index (κ3) is 5.54. The van der Waals surface area contributed by atoms with Crippen LogP contribution in [-0.4, -0.2) is 11.3 Å². The summed E-state index contributed by atoms with van der Waals surface area (Å²) in [5.41, 5.74) is 0. The number of carbonyl (C=O) groups is 1. The third-order valence-corrected chi connectivity index (χ3v) is 4.34. The Bertz CT molecular complexity index is 619. The smallest absolute Gasteiger partial charge is 0.262 e. The molecule has 3 heteroatoms. The van der Waals surface area contributed by atoms with Crippen LogP contribution in [0.3, 0.4) is 0 Å². The van der Waals surface area contributed by atoms with E-state index in [1.165, 1.54) is 25.7 Å². The fraction of sp³-hybridized carbons (Fsp3) is 0.450. The average molecular weight is 333 g/mol. The van der Waals surface area contributed by atoms with Crippen LogP contribution in [0.25, 0.3) is 10.8 Å². The van der Waals surface area contributed by atoms with Gasteiger partial charge in [-0.25, -0.2) is 0 Å². The van der Waals surface area contributed by atoms with Crippen molar-refractivity contribution in [1.29, 1.82) is 0 Å². The highest BCUT2D eigenvalue weighted by Crippen LogP contribution is 2.27. The number of ether oxygens (including phenoxy) is 1. The molecule has 0 N–H and O–H groups in total. The molecule has 0 bridgehead atoms. The summed E-state index contributed by atoms with van der Waals surface area (Å²) >= 11 is 5.74. The van der Waals surface area contributed by atoms with Crippen molar-refractivity contribution in [2.24, 2.45) is 0 Å². The van der Waals surface area contributed by atoms with Gasteiger partial charge in [-0.1, -0.05) is 75.4 Å². The molecule has 124 valence electrons. The highest BCUT2D eigenvalue weighted by Gasteiger charge is 2.18. The standard InChI is InChI=1S/C20H25ClO2/c1-2-3-4-5-6-7-14-19(20(21)22)23-18-15-10-12-16-11-8-9-13-17(16)18/h8-13,15,19H,2-7,14H2,1H3. The summed E-state index contributed by atoms with van der Waals surface area (Å²) in [6.45, 7) is 2.21. The van der Waals surface area contributed by atoms with Crippen molar-refractivity contribution >= 4 is 27.6 Å². The molecule has 0 aromatic heterocycles. The maximum Gasteiger partial charge on any atom is 0.262 e. The topological polar surface area (TPSA) is 26.3 Å². The van der Waals surface area contributed by atoms with Gasteiger partial charge in [-0.2, -0.15) is 0 Å². The normalized spacial score (nSPS) is 12.3. The van der Waals surface area contributed by atoms with Gasteiger partial charge in [0, 0.05) is 5.39 Å².